The highest BCUT2D eigenvalue weighted by molar-refractivity contribution is 5.55. The maximum Gasteiger partial charge on any atom is 0.227 e. The van der Waals surface area contributed by atoms with Gasteiger partial charge in [0, 0.05) is 12.0 Å². The standard InChI is InChI=1S/C17H22FN3O/c1-12-9-13(5-6-14(12)18)16-20-15(22-21-16)10-17(11-19)7-3-2-4-8-17/h5-6,9H,2-4,7-8,10-11,19H2,1H3. The zero-order valence-corrected chi connectivity index (χ0v) is 12.9. The van der Waals surface area contributed by atoms with Crippen LogP contribution in [0, 0.1) is 18.2 Å². The van der Waals surface area contributed by atoms with Gasteiger partial charge < -0.3 is 10.3 Å². The lowest BCUT2D eigenvalue weighted by Crippen LogP contribution is -2.35. The largest absolute Gasteiger partial charge is 0.339 e. The molecule has 0 spiro atoms. The van der Waals surface area contributed by atoms with Gasteiger partial charge in [-0.25, -0.2) is 4.39 Å². The third kappa shape index (κ3) is 3.04. The molecule has 22 heavy (non-hydrogen) atoms. The summed E-state index contributed by atoms with van der Waals surface area (Å²) in [5, 5.41) is 4.04. The molecule has 0 amide bonds. The summed E-state index contributed by atoms with van der Waals surface area (Å²) in [5.74, 6) is 0.919. The summed E-state index contributed by atoms with van der Waals surface area (Å²) < 4.78 is 18.8. The van der Waals surface area contributed by atoms with Crippen LogP contribution in [-0.2, 0) is 6.42 Å². The van der Waals surface area contributed by atoms with E-state index in [1.54, 1.807) is 19.1 Å². The summed E-state index contributed by atoms with van der Waals surface area (Å²) in [4.78, 5) is 4.48. The molecule has 0 atom stereocenters. The molecule has 1 aromatic carbocycles. The smallest absolute Gasteiger partial charge is 0.227 e. The molecule has 2 N–H and O–H groups in total. The first-order chi connectivity index (χ1) is 10.6. The number of hydrogen-bond acceptors (Lipinski definition) is 4. The minimum atomic E-state index is -0.225. The van der Waals surface area contributed by atoms with Gasteiger partial charge in [0.05, 0.1) is 0 Å². The zero-order chi connectivity index (χ0) is 15.6. The number of rotatable bonds is 4. The minimum Gasteiger partial charge on any atom is -0.339 e. The molecule has 4 nitrogen and oxygen atoms in total. The second-order valence-corrected chi connectivity index (χ2v) is 6.42. The molecular weight excluding hydrogens is 281 g/mol. The Labute approximate surface area is 129 Å². The van der Waals surface area contributed by atoms with Crippen molar-refractivity contribution in [2.24, 2.45) is 11.1 Å². The summed E-state index contributed by atoms with van der Waals surface area (Å²) in [5.41, 5.74) is 7.46. The molecule has 0 saturated heterocycles. The van der Waals surface area contributed by atoms with Crippen LogP contribution < -0.4 is 5.73 Å². The summed E-state index contributed by atoms with van der Waals surface area (Å²) in [6.45, 7) is 2.38. The summed E-state index contributed by atoms with van der Waals surface area (Å²) >= 11 is 0. The average Bonchev–Trinajstić information content (AvgIpc) is 2.99. The molecule has 0 aliphatic heterocycles. The van der Waals surface area contributed by atoms with Gasteiger partial charge in [-0.1, -0.05) is 24.4 Å². The van der Waals surface area contributed by atoms with Gasteiger partial charge in [-0.15, -0.1) is 0 Å². The lowest BCUT2D eigenvalue weighted by atomic mass is 9.72. The van der Waals surface area contributed by atoms with Crippen LogP contribution in [0.25, 0.3) is 11.4 Å². The molecule has 2 aromatic rings. The van der Waals surface area contributed by atoms with Gasteiger partial charge in [0.1, 0.15) is 5.82 Å². The fourth-order valence-corrected chi connectivity index (χ4v) is 3.30. The van der Waals surface area contributed by atoms with Crippen molar-refractivity contribution in [3.05, 3.63) is 35.5 Å². The number of nitrogens with two attached hydrogens (primary N) is 1. The Morgan fingerprint density at radius 3 is 2.73 bits per heavy atom. The van der Waals surface area contributed by atoms with Crippen molar-refractivity contribution in [1.29, 1.82) is 0 Å². The lowest BCUT2D eigenvalue weighted by molar-refractivity contribution is 0.177. The maximum atomic E-state index is 13.3. The van der Waals surface area contributed by atoms with Crippen LogP contribution in [0.1, 0.15) is 43.6 Å². The molecule has 1 heterocycles. The van der Waals surface area contributed by atoms with Crippen molar-refractivity contribution in [2.75, 3.05) is 6.54 Å². The number of aryl methyl sites for hydroxylation is 1. The number of aromatic nitrogens is 2. The summed E-state index contributed by atoms with van der Waals surface area (Å²) in [6, 6.07) is 4.85. The fraction of sp³-hybridized carbons (Fsp3) is 0.529. The van der Waals surface area contributed by atoms with E-state index in [4.69, 9.17) is 10.3 Å². The van der Waals surface area contributed by atoms with Crippen molar-refractivity contribution < 1.29 is 8.91 Å². The Kier molecular flexibility index (Phi) is 4.25. The second-order valence-electron chi connectivity index (χ2n) is 6.42. The van der Waals surface area contributed by atoms with Crippen LogP contribution in [0.3, 0.4) is 0 Å². The zero-order valence-electron chi connectivity index (χ0n) is 12.9. The first-order valence-corrected chi connectivity index (χ1v) is 7.91. The minimum absolute atomic E-state index is 0.0980. The monoisotopic (exact) mass is 303 g/mol. The van der Waals surface area contributed by atoms with Gasteiger partial charge in [0.2, 0.25) is 11.7 Å². The molecule has 118 valence electrons. The predicted molar refractivity (Wildman–Crippen MR) is 82.7 cm³/mol. The molecule has 1 aliphatic carbocycles. The van der Waals surface area contributed by atoms with Crippen LogP contribution in [0.4, 0.5) is 4.39 Å². The lowest BCUT2D eigenvalue weighted by Gasteiger charge is -2.34. The normalized spacial score (nSPS) is 17.6. The van der Waals surface area contributed by atoms with Gasteiger partial charge in [-0.3, -0.25) is 0 Å². The Balaban J connectivity index is 1.79. The van der Waals surface area contributed by atoms with Crippen molar-refractivity contribution in [3.8, 4) is 11.4 Å². The maximum absolute atomic E-state index is 13.3. The third-order valence-corrected chi connectivity index (χ3v) is 4.76. The van der Waals surface area contributed by atoms with Crippen LogP contribution >= 0.6 is 0 Å². The topological polar surface area (TPSA) is 64.9 Å². The van der Waals surface area contributed by atoms with E-state index in [0.29, 0.717) is 23.8 Å². The molecular formula is C17H22FN3O. The quantitative estimate of drug-likeness (QED) is 0.936. The van der Waals surface area contributed by atoms with E-state index in [2.05, 4.69) is 10.1 Å². The van der Waals surface area contributed by atoms with Gasteiger partial charge in [-0.2, -0.15) is 4.98 Å². The van der Waals surface area contributed by atoms with Crippen LogP contribution in [0.2, 0.25) is 0 Å². The number of halogens is 1. The van der Waals surface area contributed by atoms with E-state index < -0.39 is 0 Å². The van der Waals surface area contributed by atoms with Crippen LogP contribution in [0.15, 0.2) is 22.7 Å². The third-order valence-electron chi connectivity index (χ3n) is 4.76. The van der Waals surface area contributed by atoms with Crippen molar-refractivity contribution in [2.45, 2.75) is 45.4 Å². The van der Waals surface area contributed by atoms with Crippen LogP contribution in [-0.4, -0.2) is 16.7 Å². The molecule has 1 fully saturated rings. The van der Waals surface area contributed by atoms with Gasteiger partial charge >= 0.3 is 0 Å². The van der Waals surface area contributed by atoms with E-state index in [9.17, 15) is 4.39 Å². The molecule has 0 bridgehead atoms. The SMILES string of the molecule is Cc1cc(-c2noc(CC3(CN)CCCCC3)n2)ccc1F. The summed E-state index contributed by atoms with van der Waals surface area (Å²) in [7, 11) is 0. The molecule has 5 heteroatoms. The van der Waals surface area contributed by atoms with Crippen molar-refractivity contribution in [3.63, 3.8) is 0 Å². The highest BCUT2D eigenvalue weighted by Crippen LogP contribution is 2.38. The Bertz CT molecular complexity index is 647. The van der Waals surface area contributed by atoms with Crippen molar-refractivity contribution >= 4 is 0 Å². The van der Waals surface area contributed by atoms with E-state index in [1.165, 1.54) is 25.3 Å². The van der Waals surface area contributed by atoms with Crippen LogP contribution in [0.5, 0.6) is 0 Å². The molecule has 1 aromatic heterocycles. The molecule has 1 saturated carbocycles. The second kappa shape index (κ2) is 6.16. The van der Waals surface area contributed by atoms with Gasteiger partial charge in [-0.05, 0) is 55.5 Å². The molecule has 3 rings (SSSR count). The first kappa shape index (κ1) is 15.2. The Hall–Kier alpha value is -1.75. The number of benzene rings is 1. The molecule has 0 radical (unpaired) electrons. The molecule has 1 aliphatic rings. The van der Waals surface area contributed by atoms with Gasteiger partial charge in [0.15, 0.2) is 0 Å². The average molecular weight is 303 g/mol. The fourth-order valence-electron chi connectivity index (χ4n) is 3.30. The Morgan fingerprint density at radius 1 is 1.27 bits per heavy atom. The molecule has 0 unspecified atom stereocenters. The van der Waals surface area contributed by atoms with E-state index >= 15 is 0 Å². The highest BCUT2D eigenvalue weighted by atomic mass is 19.1. The van der Waals surface area contributed by atoms with E-state index in [0.717, 1.165) is 24.8 Å². The first-order valence-electron chi connectivity index (χ1n) is 7.91. The highest BCUT2D eigenvalue weighted by Gasteiger charge is 2.33. The van der Waals surface area contributed by atoms with E-state index in [1.807, 2.05) is 0 Å². The number of nitrogens with zero attached hydrogens (tertiary/aromatic N) is 2. The van der Waals surface area contributed by atoms with E-state index in [-0.39, 0.29) is 11.2 Å². The van der Waals surface area contributed by atoms with Gasteiger partial charge in [0.25, 0.3) is 0 Å². The predicted octanol–water partition coefficient (Wildman–Crippen LogP) is 3.64. The van der Waals surface area contributed by atoms with Crippen molar-refractivity contribution in [1.82, 2.24) is 10.1 Å². The number of hydrogen-bond donors (Lipinski definition) is 1. The summed E-state index contributed by atoms with van der Waals surface area (Å²) in [6.07, 6.45) is 6.70. The Morgan fingerprint density at radius 2 is 2.05 bits per heavy atom.